The molecule has 3 rings (SSSR count). The van der Waals surface area contributed by atoms with Crippen molar-refractivity contribution >= 4 is 10.0 Å². The number of benzene rings is 1. The van der Waals surface area contributed by atoms with E-state index in [2.05, 4.69) is 9.97 Å². The van der Waals surface area contributed by atoms with E-state index in [0.717, 1.165) is 6.07 Å². The van der Waals surface area contributed by atoms with E-state index in [-0.39, 0.29) is 23.3 Å². The summed E-state index contributed by atoms with van der Waals surface area (Å²) in [6.45, 7) is 4.33. The first-order valence-electron chi connectivity index (χ1n) is 8.79. The first-order chi connectivity index (χ1) is 12.9. The minimum absolute atomic E-state index is 0.0374. The molecule has 1 atom stereocenters. The Morgan fingerprint density at radius 2 is 2.15 bits per heavy atom. The molecular formula is C18H22FN3O4S. The summed E-state index contributed by atoms with van der Waals surface area (Å²) in [5.74, 6) is 0.339. The molecule has 0 N–H and O–H groups in total. The number of ether oxygens (including phenoxy) is 2. The van der Waals surface area contributed by atoms with Gasteiger partial charge in [0.15, 0.2) is 11.6 Å². The van der Waals surface area contributed by atoms with Crippen LogP contribution in [0.25, 0.3) is 0 Å². The molecule has 0 amide bonds. The summed E-state index contributed by atoms with van der Waals surface area (Å²) in [7, 11) is -3.82. The lowest BCUT2D eigenvalue weighted by Gasteiger charge is -2.31. The molecule has 1 aromatic carbocycles. The molecule has 2 heterocycles. The molecule has 9 heteroatoms. The van der Waals surface area contributed by atoms with Crippen LogP contribution in [0, 0.1) is 12.7 Å². The van der Waals surface area contributed by atoms with E-state index in [0.29, 0.717) is 37.7 Å². The first-order valence-corrected chi connectivity index (χ1v) is 10.2. The molecule has 0 bridgehead atoms. The highest BCUT2D eigenvalue weighted by Gasteiger charge is 2.32. The quantitative estimate of drug-likeness (QED) is 0.748. The van der Waals surface area contributed by atoms with Gasteiger partial charge in [-0.25, -0.2) is 17.8 Å². The highest BCUT2D eigenvalue weighted by atomic mass is 32.2. The summed E-state index contributed by atoms with van der Waals surface area (Å²) >= 11 is 0. The summed E-state index contributed by atoms with van der Waals surface area (Å²) in [6.07, 6.45) is 2.63. The average molecular weight is 395 g/mol. The van der Waals surface area contributed by atoms with Gasteiger partial charge in [0.05, 0.1) is 18.0 Å². The lowest BCUT2D eigenvalue weighted by molar-refractivity contribution is 0.124. The predicted octanol–water partition coefficient (Wildman–Crippen LogP) is 2.55. The van der Waals surface area contributed by atoms with Gasteiger partial charge in [-0.15, -0.1) is 0 Å². The zero-order valence-electron chi connectivity index (χ0n) is 15.3. The van der Waals surface area contributed by atoms with Gasteiger partial charge in [-0.2, -0.15) is 9.29 Å². The molecule has 146 valence electrons. The molecular weight excluding hydrogens is 373 g/mol. The molecule has 0 aliphatic carbocycles. The topological polar surface area (TPSA) is 81.6 Å². The van der Waals surface area contributed by atoms with Crippen molar-refractivity contribution in [2.24, 2.45) is 0 Å². The molecule has 0 radical (unpaired) electrons. The molecule has 1 saturated heterocycles. The second-order valence-electron chi connectivity index (χ2n) is 6.21. The van der Waals surface area contributed by atoms with Crippen LogP contribution in [0.3, 0.4) is 0 Å². The number of aryl methyl sites for hydroxylation is 1. The largest absolute Gasteiger partial charge is 0.491 e. The molecule has 2 aromatic rings. The highest BCUT2D eigenvalue weighted by Crippen LogP contribution is 2.26. The third-order valence-corrected chi connectivity index (χ3v) is 6.08. The van der Waals surface area contributed by atoms with Gasteiger partial charge in [0.25, 0.3) is 0 Å². The standard InChI is InChI=1S/C18H22FN3O4S/c1-3-25-17-7-6-15(11-16(17)19)27(23,24)22-10-4-5-14(12-22)26-18-8-9-20-13(2)21-18/h6-9,11,14H,3-5,10,12H2,1-2H3. The Morgan fingerprint density at radius 3 is 2.85 bits per heavy atom. The molecule has 1 aliphatic heterocycles. The summed E-state index contributed by atoms with van der Waals surface area (Å²) in [5.41, 5.74) is 0. The SMILES string of the molecule is CCOc1ccc(S(=O)(=O)N2CCCC(Oc3ccnc(C)n3)C2)cc1F. The number of nitrogens with zero attached hydrogens (tertiary/aromatic N) is 3. The fourth-order valence-electron chi connectivity index (χ4n) is 2.95. The molecule has 1 fully saturated rings. The zero-order chi connectivity index (χ0) is 19.4. The minimum atomic E-state index is -3.82. The van der Waals surface area contributed by atoms with Gasteiger partial charge >= 0.3 is 0 Å². The van der Waals surface area contributed by atoms with E-state index >= 15 is 0 Å². The molecule has 0 saturated carbocycles. The maximum atomic E-state index is 14.1. The lowest BCUT2D eigenvalue weighted by atomic mass is 10.1. The van der Waals surface area contributed by atoms with Gasteiger partial charge in [0.1, 0.15) is 11.9 Å². The van der Waals surface area contributed by atoms with E-state index in [1.54, 1.807) is 26.1 Å². The second kappa shape index (κ2) is 8.18. The Kier molecular flexibility index (Phi) is 5.91. The van der Waals surface area contributed by atoms with Crippen molar-refractivity contribution < 1.29 is 22.3 Å². The number of aromatic nitrogens is 2. The maximum Gasteiger partial charge on any atom is 0.243 e. The fourth-order valence-corrected chi connectivity index (χ4v) is 4.48. The number of rotatable bonds is 6. The Morgan fingerprint density at radius 1 is 1.33 bits per heavy atom. The van der Waals surface area contributed by atoms with Crippen LogP contribution in [0.15, 0.2) is 35.4 Å². The van der Waals surface area contributed by atoms with Gasteiger partial charge in [-0.1, -0.05) is 0 Å². The van der Waals surface area contributed by atoms with Crippen LogP contribution in [0.1, 0.15) is 25.6 Å². The van der Waals surface area contributed by atoms with E-state index in [1.807, 2.05) is 0 Å². The summed E-state index contributed by atoms with van der Waals surface area (Å²) in [6, 6.07) is 5.34. The molecule has 1 aliphatic rings. The van der Waals surface area contributed by atoms with Gasteiger partial charge in [-0.3, -0.25) is 0 Å². The Bertz CT molecular complexity index is 907. The lowest BCUT2D eigenvalue weighted by Crippen LogP contribution is -2.44. The van der Waals surface area contributed by atoms with Crippen molar-refractivity contribution in [3.8, 4) is 11.6 Å². The number of hydrogen-bond acceptors (Lipinski definition) is 6. The van der Waals surface area contributed by atoms with Gasteiger partial charge < -0.3 is 9.47 Å². The fraction of sp³-hybridized carbons (Fsp3) is 0.444. The van der Waals surface area contributed by atoms with Gasteiger partial charge in [-0.05, 0) is 44.9 Å². The Balaban J connectivity index is 1.75. The molecule has 27 heavy (non-hydrogen) atoms. The van der Waals surface area contributed by atoms with Crippen LogP contribution >= 0.6 is 0 Å². The van der Waals surface area contributed by atoms with Crippen LogP contribution in [0.4, 0.5) is 4.39 Å². The normalized spacial score (nSPS) is 18.3. The van der Waals surface area contributed by atoms with E-state index in [4.69, 9.17) is 9.47 Å². The average Bonchev–Trinajstić information content (AvgIpc) is 2.64. The van der Waals surface area contributed by atoms with Crippen molar-refractivity contribution in [2.75, 3.05) is 19.7 Å². The smallest absolute Gasteiger partial charge is 0.243 e. The number of sulfonamides is 1. The number of halogens is 1. The number of hydrogen-bond donors (Lipinski definition) is 0. The van der Waals surface area contributed by atoms with Crippen molar-refractivity contribution in [2.45, 2.75) is 37.7 Å². The van der Waals surface area contributed by atoms with Gasteiger partial charge in [0.2, 0.25) is 15.9 Å². The van der Waals surface area contributed by atoms with Crippen LogP contribution in [-0.4, -0.2) is 48.5 Å². The Hall–Kier alpha value is -2.26. The first kappa shape index (κ1) is 19.5. The third-order valence-electron chi connectivity index (χ3n) is 4.22. The highest BCUT2D eigenvalue weighted by molar-refractivity contribution is 7.89. The predicted molar refractivity (Wildman–Crippen MR) is 96.7 cm³/mol. The summed E-state index contributed by atoms with van der Waals surface area (Å²) in [5, 5.41) is 0. The van der Waals surface area contributed by atoms with Crippen molar-refractivity contribution in [1.29, 1.82) is 0 Å². The van der Waals surface area contributed by atoms with Crippen LogP contribution in [0.2, 0.25) is 0 Å². The van der Waals surface area contributed by atoms with Crippen molar-refractivity contribution in [3.05, 3.63) is 42.1 Å². The molecule has 1 aromatic heterocycles. The van der Waals surface area contributed by atoms with Gasteiger partial charge in [0, 0.05) is 18.8 Å². The van der Waals surface area contributed by atoms with Crippen LogP contribution in [0.5, 0.6) is 11.6 Å². The zero-order valence-corrected chi connectivity index (χ0v) is 16.1. The Labute approximate surface area is 158 Å². The second-order valence-corrected chi connectivity index (χ2v) is 8.15. The molecule has 0 spiro atoms. The van der Waals surface area contributed by atoms with E-state index < -0.39 is 15.8 Å². The molecule has 1 unspecified atom stereocenters. The van der Waals surface area contributed by atoms with E-state index in [1.165, 1.54) is 16.4 Å². The van der Waals surface area contributed by atoms with Crippen LogP contribution in [-0.2, 0) is 10.0 Å². The van der Waals surface area contributed by atoms with E-state index in [9.17, 15) is 12.8 Å². The molecule has 7 nitrogen and oxygen atoms in total. The minimum Gasteiger partial charge on any atom is -0.491 e. The van der Waals surface area contributed by atoms with Crippen LogP contribution < -0.4 is 9.47 Å². The summed E-state index contributed by atoms with van der Waals surface area (Å²) < 4.78 is 52.2. The van der Waals surface area contributed by atoms with Crippen molar-refractivity contribution in [1.82, 2.24) is 14.3 Å². The maximum absolute atomic E-state index is 14.1. The third kappa shape index (κ3) is 4.54. The number of piperidine rings is 1. The monoisotopic (exact) mass is 395 g/mol. The summed E-state index contributed by atoms with van der Waals surface area (Å²) in [4.78, 5) is 8.10. The van der Waals surface area contributed by atoms with Crippen molar-refractivity contribution in [3.63, 3.8) is 0 Å².